The zero-order valence-electron chi connectivity index (χ0n) is 7.17. The summed E-state index contributed by atoms with van der Waals surface area (Å²) in [6, 6.07) is 0. The lowest BCUT2D eigenvalue weighted by Gasteiger charge is -2.20. The van der Waals surface area contributed by atoms with Crippen molar-refractivity contribution in [2.45, 2.75) is 33.3 Å². The van der Waals surface area contributed by atoms with Gasteiger partial charge in [0.2, 0.25) is 0 Å². The highest BCUT2D eigenvalue weighted by atomic mass is 16.3. The second kappa shape index (κ2) is 4.51. The fraction of sp³-hybridized carbons (Fsp3) is 0.778. The van der Waals surface area contributed by atoms with Crippen molar-refractivity contribution in [3.8, 4) is 0 Å². The van der Waals surface area contributed by atoms with E-state index in [1.165, 1.54) is 0 Å². The summed E-state index contributed by atoms with van der Waals surface area (Å²) in [6.45, 7) is 9.78. The molecule has 0 aliphatic rings. The normalized spacial score (nSPS) is 19.6. The van der Waals surface area contributed by atoms with Crippen LogP contribution in [0.2, 0.25) is 0 Å². The molecule has 1 heteroatoms. The Morgan fingerprint density at radius 1 is 1.50 bits per heavy atom. The first kappa shape index (κ1) is 9.70. The van der Waals surface area contributed by atoms with Gasteiger partial charge in [0.15, 0.2) is 0 Å². The summed E-state index contributed by atoms with van der Waals surface area (Å²) in [5.74, 6) is 0.600. The van der Waals surface area contributed by atoms with E-state index in [1.54, 1.807) is 6.08 Å². The van der Waals surface area contributed by atoms with E-state index < -0.39 is 0 Å². The van der Waals surface area contributed by atoms with Crippen LogP contribution in [-0.2, 0) is 0 Å². The standard InChI is InChI=1S/C9H18O/c1-5-7(3)9(10)8(4)6-2/h5,7-10H,1,6H2,2-4H3/t7-,8-,9+/m1/s1. The van der Waals surface area contributed by atoms with Crippen LogP contribution in [-0.4, -0.2) is 11.2 Å². The summed E-state index contributed by atoms with van der Waals surface area (Å²) in [6.07, 6.45) is 2.61. The molecule has 0 spiro atoms. The Morgan fingerprint density at radius 2 is 2.00 bits per heavy atom. The molecule has 0 unspecified atom stereocenters. The van der Waals surface area contributed by atoms with Gasteiger partial charge in [-0.05, 0) is 11.8 Å². The number of aliphatic hydroxyl groups is 1. The van der Waals surface area contributed by atoms with Crippen molar-refractivity contribution >= 4 is 0 Å². The summed E-state index contributed by atoms with van der Waals surface area (Å²) in [5, 5.41) is 9.51. The zero-order valence-corrected chi connectivity index (χ0v) is 7.17. The van der Waals surface area contributed by atoms with Gasteiger partial charge in [0.1, 0.15) is 0 Å². The molecule has 0 bridgehead atoms. The third-order valence-corrected chi connectivity index (χ3v) is 2.14. The molecule has 60 valence electrons. The van der Waals surface area contributed by atoms with Crippen LogP contribution in [0.3, 0.4) is 0 Å². The van der Waals surface area contributed by atoms with Gasteiger partial charge in [-0.25, -0.2) is 0 Å². The molecule has 0 aromatic heterocycles. The van der Waals surface area contributed by atoms with Gasteiger partial charge >= 0.3 is 0 Å². The second-order valence-corrected chi connectivity index (χ2v) is 2.97. The Balaban J connectivity index is 3.80. The third kappa shape index (κ3) is 2.53. The number of rotatable bonds is 4. The summed E-state index contributed by atoms with van der Waals surface area (Å²) in [7, 11) is 0. The molecule has 0 aromatic rings. The Hall–Kier alpha value is -0.300. The molecular formula is C9H18O. The lowest BCUT2D eigenvalue weighted by Crippen LogP contribution is -2.23. The van der Waals surface area contributed by atoms with Crippen LogP contribution in [0, 0.1) is 11.8 Å². The molecule has 0 aliphatic carbocycles. The Bertz CT molecular complexity index is 98.9. The maximum Gasteiger partial charge on any atom is 0.0625 e. The molecule has 10 heavy (non-hydrogen) atoms. The summed E-state index contributed by atoms with van der Waals surface area (Å²) in [4.78, 5) is 0. The average Bonchev–Trinajstić information content (AvgIpc) is 2.00. The SMILES string of the molecule is C=C[C@@H](C)[C@H](O)[C@H](C)CC. The summed E-state index contributed by atoms with van der Waals surface area (Å²) < 4.78 is 0. The van der Waals surface area contributed by atoms with E-state index in [4.69, 9.17) is 0 Å². The van der Waals surface area contributed by atoms with Crippen LogP contribution in [0.5, 0.6) is 0 Å². The van der Waals surface area contributed by atoms with E-state index in [2.05, 4.69) is 20.4 Å². The quantitative estimate of drug-likeness (QED) is 0.597. The molecule has 0 saturated carbocycles. The van der Waals surface area contributed by atoms with Gasteiger partial charge in [-0.1, -0.05) is 33.3 Å². The van der Waals surface area contributed by atoms with E-state index >= 15 is 0 Å². The van der Waals surface area contributed by atoms with Gasteiger partial charge in [-0.3, -0.25) is 0 Å². The van der Waals surface area contributed by atoms with E-state index in [9.17, 15) is 5.11 Å². The summed E-state index contributed by atoms with van der Waals surface area (Å²) >= 11 is 0. The van der Waals surface area contributed by atoms with Crippen molar-refractivity contribution in [1.29, 1.82) is 0 Å². The lowest BCUT2D eigenvalue weighted by molar-refractivity contribution is 0.0814. The molecule has 0 heterocycles. The van der Waals surface area contributed by atoms with E-state index in [0.717, 1.165) is 6.42 Å². The highest BCUT2D eigenvalue weighted by Gasteiger charge is 2.16. The molecule has 0 radical (unpaired) electrons. The maximum atomic E-state index is 9.51. The Morgan fingerprint density at radius 3 is 2.30 bits per heavy atom. The molecule has 0 fully saturated rings. The van der Waals surface area contributed by atoms with Gasteiger partial charge in [-0.2, -0.15) is 0 Å². The Labute approximate surface area is 63.8 Å². The van der Waals surface area contributed by atoms with Crippen LogP contribution in [0.1, 0.15) is 27.2 Å². The minimum Gasteiger partial charge on any atom is -0.392 e. The molecule has 0 amide bonds. The first-order chi connectivity index (χ1) is 4.63. The minimum atomic E-state index is -0.220. The molecule has 3 atom stereocenters. The third-order valence-electron chi connectivity index (χ3n) is 2.14. The zero-order chi connectivity index (χ0) is 8.15. The fourth-order valence-electron chi connectivity index (χ4n) is 0.899. The van der Waals surface area contributed by atoms with Crippen LogP contribution >= 0.6 is 0 Å². The highest BCUT2D eigenvalue weighted by Crippen LogP contribution is 2.15. The monoisotopic (exact) mass is 142 g/mol. The van der Waals surface area contributed by atoms with E-state index in [0.29, 0.717) is 5.92 Å². The maximum absolute atomic E-state index is 9.51. The highest BCUT2D eigenvalue weighted by molar-refractivity contribution is 4.83. The fourth-order valence-corrected chi connectivity index (χ4v) is 0.899. The van der Waals surface area contributed by atoms with Gasteiger partial charge < -0.3 is 5.11 Å². The predicted octanol–water partition coefficient (Wildman–Crippen LogP) is 2.22. The number of aliphatic hydroxyl groups excluding tert-OH is 1. The van der Waals surface area contributed by atoms with Crippen LogP contribution in [0.15, 0.2) is 12.7 Å². The van der Waals surface area contributed by atoms with E-state index in [-0.39, 0.29) is 12.0 Å². The number of hydrogen-bond donors (Lipinski definition) is 1. The summed E-state index contributed by atoms with van der Waals surface area (Å²) in [5.41, 5.74) is 0. The largest absolute Gasteiger partial charge is 0.392 e. The topological polar surface area (TPSA) is 20.2 Å². The molecule has 0 aromatic carbocycles. The number of hydrogen-bond acceptors (Lipinski definition) is 1. The van der Waals surface area contributed by atoms with Crippen molar-refractivity contribution in [3.63, 3.8) is 0 Å². The van der Waals surface area contributed by atoms with Crippen molar-refractivity contribution in [3.05, 3.63) is 12.7 Å². The van der Waals surface area contributed by atoms with Crippen molar-refractivity contribution in [1.82, 2.24) is 0 Å². The lowest BCUT2D eigenvalue weighted by atomic mass is 9.92. The minimum absolute atomic E-state index is 0.218. The van der Waals surface area contributed by atoms with Gasteiger partial charge in [-0.15, -0.1) is 6.58 Å². The first-order valence-electron chi connectivity index (χ1n) is 3.94. The van der Waals surface area contributed by atoms with Crippen molar-refractivity contribution < 1.29 is 5.11 Å². The molecule has 0 saturated heterocycles. The smallest absolute Gasteiger partial charge is 0.0625 e. The first-order valence-corrected chi connectivity index (χ1v) is 3.94. The predicted molar refractivity (Wildman–Crippen MR) is 44.8 cm³/mol. The second-order valence-electron chi connectivity index (χ2n) is 2.97. The molecule has 1 N–H and O–H groups in total. The molecule has 0 rings (SSSR count). The van der Waals surface area contributed by atoms with Crippen LogP contribution in [0.25, 0.3) is 0 Å². The van der Waals surface area contributed by atoms with Crippen molar-refractivity contribution in [2.75, 3.05) is 0 Å². The molecule has 0 aliphatic heterocycles. The molecule has 1 nitrogen and oxygen atoms in total. The Kier molecular flexibility index (Phi) is 4.37. The van der Waals surface area contributed by atoms with Crippen LogP contribution < -0.4 is 0 Å². The van der Waals surface area contributed by atoms with Crippen molar-refractivity contribution in [2.24, 2.45) is 11.8 Å². The van der Waals surface area contributed by atoms with Gasteiger partial charge in [0.25, 0.3) is 0 Å². The van der Waals surface area contributed by atoms with E-state index in [1.807, 2.05) is 6.92 Å². The van der Waals surface area contributed by atoms with Crippen LogP contribution in [0.4, 0.5) is 0 Å². The average molecular weight is 142 g/mol. The molecular weight excluding hydrogens is 124 g/mol. The van der Waals surface area contributed by atoms with Gasteiger partial charge in [0, 0.05) is 0 Å². The van der Waals surface area contributed by atoms with Gasteiger partial charge in [0.05, 0.1) is 6.10 Å².